The molecule has 0 amide bonds. The van der Waals surface area contributed by atoms with Crippen molar-refractivity contribution in [3.05, 3.63) is 24.4 Å². The molecule has 0 saturated heterocycles. The molecule has 0 aliphatic carbocycles. The van der Waals surface area contributed by atoms with E-state index in [9.17, 15) is 0 Å². The average Bonchev–Trinajstić information content (AvgIpc) is 2.15. The monoisotopic (exact) mass is 166 g/mol. The Hall–Kier alpha value is -1.09. The predicted octanol–water partition coefficient (Wildman–Crippen LogP) is 0.900. The minimum Gasteiger partial charge on any atom is -0.396 e. The Morgan fingerprint density at radius 1 is 1.50 bits per heavy atom. The van der Waals surface area contributed by atoms with Gasteiger partial charge in [0.25, 0.3) is 0 Å². The molecular formula is C9H14N2O. The first kappa shape index (κ1) is 9.00. The molecule has 0 aliphatic heterocycles. The second-order valence-corrected chi connectivity index (χ2v) is 2.69. The van der Waals surface area contributed by atoms with E-state index in [0.29, 0.717) is 0 Å². The van der Waals surface area contributed by atoms with Crippen molar-refractivity contribution in [1.82, 2.24) is 4.98 Å². The van der Waals surface area contributed by atoms with Crippen molar-refractivity contribution in [3.63, 3.8) is 0 Å². The summed E-state index contributed by atoms with van der Waals surface area (Å²) >= 11 is 0. The van der Waals surface area contributed by atoms with Crippen LogP contribution in [0.3, 0.4) is 0 Å². The van der Waals surface area contributed by atoms with Crippen LogP contribution in [0.25, 0.3) is 0 Å². The van der Waals surface area contributed by atoms with E-state index in [1.165, 1.54) is 0 Å². The Kier molecular flexibility index (Phi) is 3.54. The molecule has 0 fully saturated rings. The fourth-order valence-corrected chi connectivity index (χ4v) is 1.00. The van der Waals surface area contributed by atoms with E-state index in [1.807, 2.05) is 30.1 Å². The molecule has 0 spiro atoms. The van der Waals surface area contributed by atoms with Crippen molar-refractivity contribution in [2.75, 3.05) is 25.1 Å². The molecule has 1 N–H and O–H groups in total. The molecule has 3 nitrogen and oxygen atoms in total. The second kappa shape index (κ2) is 4.72. The third-order valence-electron chi connectivity index (χ3n) is 1.69. The van der Waals surface area contributed by atoms with E-state index < -0.39 is 0 Å². The van der Waals surface area contributed by atoms with Gasteiger partial charge in [-0.25, -0.2) is 4.98 Å². The highest BCUT2D eigenvalue weighted by Gasteiger charge is 1.98. The maximum atomic E-state index is 8.61. The number of rotatable bonds is 4. The number of pyridine rings is 1. The molecule has 66 valence electrons. The Labute approximate surface area is 72.7 Å². The second-order valence-electron chi connectivity index (χ2n) is 2.69. The van der Waals surface area contributed by atoms with E-state index in [4.69, 9.17) is 5.11 Å². The summed E-state index contributed by atoms with van der Waals surface area (Å²) in [4.78, 5) is 6.20. The molecule has 1 aromatic rings. The van der Waals surface area contributed by atoms with Crippen molar-refractivity contribution in [2.45, 2.75) is 6.42 Å². The molecule has 1 heterocycles. The van der Waals surface area contributed by atoms with Gasteiger partial charge >= 0.3 is 0 Å². The minimum atomic E-state index is 0.233. The number of nitrogens with zero attached hydrogens (tertiary/aromatic N) is 2. The average molecular weight is 166 g/mol. The van der Waals surface area contributed by atoms with Crippen LogP contribution in [0.4, 0.5) is 5.82 Å². The first-order valence-corrected chi connectivity index (χ1v) is 4.07. The van der Waals surface area contributed by atoms with Crippen molar-refractivity contribution in [1.29, 1.82) is 0 Å². The predicted molar refractivity (Wildman–Crippen MR) is 49.2 cm³/mol. The number of hydrogen-bond acceptors (Lipinski definition) is 3. The molecule has 0 aromatic carbocycles. The molecule has 0 bridgehead atoms. The first-order chi connectivity index (χ1) is 5.84. The van der Waals surface area contributed by atoms with Crippen LogP contribution in [0, 0.1) is 0 Å². The molecule has 0 unspecified atom stereocenters. The molecular weight excluding hydrogens is 152 g/mol. The van der Waals surface area contributed by atoms with Crippen molar-refractivity contribution < 1.29 is 5.11 Å². The largest absolute Gasteiger partial charge is 0.396 e. The quantitative estimate of drug-likeness (QED) is 0.722. The summed E-state index contributed by atoms with van der Waals surface area (Å²) < 4.78 is 0. The van der Waals surface area contributed by atoms with Gasteiger partial charge in [-0.05, 0) is 18.6 Å². The summed E-state index contributed by atoms with van der Waals surface area (Å²) in [6.07, 6.45) is 2.55. The summed E-state index contributed by atoms with van der Waals surface area (Å²) in [7, 11) is 1.97. The summed E-state index contributed by atoms with van der Waals surface area (Å²) in [6.45, 7) is 1.07. The topological polar surface area (TPSA) is 36.4 Å². The fraction of sp³-hybridized carbons (Fsp3) is 0.444. The lowest BCUT2D eigenvalue weighted by Crippen LogP contribution is -2.20. The van der Waals surface area contributed by atoms with Crippen molar-refractivity contribution in [2.24, 2.45) is 0 Å². The number of aromatic nitrogens is 1. The number of aliphatic hydroxyl groups is 1. The Morgan fingerprint density at radius 3 is 2.92 bits per heavy atom. The van der Waals surface area contributed by atoms with Gasteiger partial charge in [-0.2, -0.15) is 0 Å². The van der Waals surface area contributed by atoms with E-state index in [1.54, 1.807) is 6.20 Å². The zero-order valence-electron chi connectivity index (χ0n) is 7.27. The lowest BCUT2D eigenvalue weighted by atomic mass is 10.4. The summed E-state index contributed by atoms with van der Waals surface area (Å²) in [5.41, 5.74) is 0. The lowest BCUT2D eigenvalue weighted by Gasteiger charge is -2.16. The zero-order valence-corrected chi connectivity index (χ0v) is 7.27. The Balaban J connectivity index is 2.48. The molecule has 1 aromatic heterocycles. The van der Waals surface area contributed by atoms with Gasteiger partial charge in [0, 0.05) is 26.4 Å². The van der Waals surface area contributed by atoms with E-state index in [2.05, 4.69) is 4.98 Å². The molecule has 1 rings (SSSR count). The maximum absolute atomic E-state index is 8.61. The third-order valence-corrected chi connectivity index (χ3v) is 1.69. The van der Waals surface area contributed by atoms with Gasteiger partial charge in [-0.1, -0.05) is 6.07 Å². The van der Waals surface area contributed by atoms with Crippen LogP contribution in [0.5, 0.6) is 0 Å². The molecule has 12 heavy (non-hydrogen) atoms. The van der Waals surface area contributed by atoms with Gasteiger partial charge in [0.05, 0.1) is 0 Å². The van der Waals surface area contributed by atoms with Crippen LogP contribution in [-0.2, 0) is 0 Å². The smallest absolute Gasteiger partial charge is 0.128 e. The van der Waals surface area contributed by atoms with Crippen molar-refractivity contribution in [3.8, 4) is 0 Å². The normalized spacial score (nSPS) is 9.83. The van der Waals surface area contributed by atoms with E-state index >= 15 is 0 Å². The molecule has 0 aliphatic rings. The Morgan fingerprint density at radius 2 is 2.33 bits per heavy atom. The minimum absolute atomic E-state index is 0.233. The van der Waals surface area contributed by atoms with Gasteiger partial charge < -0.3 is 10.0 Å². The van der Waals surface area contributed by atoms with E-state index in [-0.39, 0.29) is 6.61 Å². The van der Waals surface area contributed by atoms with Crippen LogP contribution >= 0.6 is 0 Å². The fourth-order valence-electron chi connectivity index (χ4n) is 1.00. The summed E-state index contributed by atoms with van der Waals surface area (Å²) in [6, 6.07) is 5.80. The molecule has 0 saturated carbocycles. The van der Waals surface area contributed by atoms with Gasteiger partial charge in [0.1, 0.15) is 5.82 Å². The van der Waals surface area contributed by atoms with Crippen LogP contribution in [0.15, 0.2) is 24.4 Å². The first-order valence-electron chi connectivity index (χ1n) is 4.07. The summed E-state index contributed by atoms with van der Waals surface area (Å²) in [5.74, 6) is 0.950. The number of hydrogen-bond donors (Lipinski definition) is 1. The summed E-state index contributed by atoms with van der Waals surface area (Å²) in [5, 5.41) is 8.61. The van der Waals surface area contributed by atoms with Gasteiger partial charge in [-0.15, -0.1) is 0 Å². The maximum Gasteiger partial charge on any atom is 0.128 e. The van der Waals surface area contributed by atoms with Crippen LogP contribution in [0.2, 0.25) is 0 Å². The lowest BCUT2D eigenvalue weighted by molar-refractivity contribution is 0.290. The molecule has 3 heteroatoms. The van der Waals surface area contributed by atoms with Gasteiger partial charge in [-0.3, -0.25) is 0 Å². The third kappa shape index (κ3) is 2.51. The van der Waals surface area contributed by atoms with Crippen LogP contribution in [0.1, 0.15) is 6.42 Å². The van der Waals surface area contributed by atoms with E-state index in [0.717, 1.165) is 18.8 Å². The number of aliphatic hydroxyl groups excluding tert-OH is 1. The zero-order chi connectivity index (χ0) is 8.81. The molecule has 0 atom stereocenters. The highest BCUT2D eigenvalue weighted by molar-refractivity contribution is 5.35. The molecule has 0 radical (unpaired) electrons. The SMILES string of the molecule is CN(CCCO)c1ccccn1. The standard InChI is InChI=1S/C9H14N2O/c1-11(7-4-8-12)9-5-2-3-6-10-9/h2-3,5-6,12H,4,7-8H2,1H3. The van der Waals surface area contributed by atoms with Crippen molar-refractivity contribution >= 4 is 5.82 Å². The Bertz CT molecular complexity index is 213. The van der Waals surface area contributed by atoms with Crippen LogP contribution < -0.4 is 4.90 Å². The van der Waals surface area contributed by atoms with Crippen LogP contribution in [-0.4, -0.2) is 30.3 Å². The highest BCUT2D eigenvalue weighted by atomic mass is 16.3. The highest BCUT2D eigenvalue weighted by Crippen LogP contribution is 2.05. The van der Waals surface area contributed by atoms with Gasteiger partial charge in [0.2, 0.25) is 0 Å². The van der Waals surface area contributed by atoms with Gasteiger partial charge in [0.15, 0.2) is 0 Å². The number of anilines is 1.